The van der Waals surface area contributed by atoms with Crippen molar-refractivity contribution in [1.29, 1.82) is 0 Å². The highest BCUT2D eigenvalue weighted by atomic mass is 35.5. The van der Waals surface area contributed by atoms with E-state index in [1.807, 2.05) is 19.2 Å². The molecule has 1 aromatic heterocycles. The molecule has 0 aliphatic heterocycles. The third kappa shape index (κ3) is 4.35. The molecule has 1 atom stereocenters. The Bertz CT molecular complexity index is 331. The predicted molar refractivity (Wildman–Crippen MR) is 72.8 cm³/mol. The van der Waals surface area contributed by atoms with Crippen LogP contribution in [0.25, 0.3) is 0 Å². The van der Waals surface area contributed by atoms with Crippen molar-refractivity contribution in [3.63, 3.8) is 0 Å². The molecule has 0 spiro atoms. The summed E-state index contributed by atoms with van der Waals surface area (Å²) in [5, 5.41) is 15.0. The van der Waals surface area contributed by atoms with E-state index in [4.69, 9.17) is 9.47 Å². The second kappa shape index (κ2) is 7.76. The second-order valence-corrected chi connectivity index (χ2v) is 4.69. The van der Waals surface area contributed by atoms with Gasteiger partial charge in [0.15, 0.2) is 11.5 Å². The largest absolute Gasteiger partial charge is 0.492 e. The predicted octanol–water partition coefficient (Wildman–Crippen LogP) is 2.22. The quantitative estimate of drug-likeness (QED) is 0.839. The topological polar surface area (TPSA) is 50.7 Å². The smallest absolute Gasteiger partial charge is 0.177 e. The van der Waals surface area contributed by atoms with E-state index in [0.29, 0.717) is 24.1 Å². The summed E-state index contributed by atoms with van der Waals surface area (Å²) in [5.41, 5.74) is 0. The van der Waals surface area contributed by atoms with Gasteiger partial charge >= 0.3 is 0 Å². The fourth-order valence-electron chi connectivity index (χ4n) is 1.36. The first-order valence-electron chi connectivity index (χ1n) is 5.21. The zero-order valence-corrected chi connectivity index (χ0v) is 12.2. The van der Waals surface area contributed by atoms with Crippen LogP contribution in [0.5, 0.6) is 11.5 Å². The van der Waals surface area contributed by atoms with Gasteiger partial charge in [-0.2, -0.15) is 0 Å². The molecule has 2 N–H and O–H groups in total. The minimum Gasteiger partial charge on any atom is -0.492 e. The van der Waals surface area contributed by atoms with Gasteiger partial charge in [-0.15, -0.1) is 23.7 Å². The first-order chi connectivity index (χ1) is 7.60. The molecule has 100 valence electrons. The van der Waals surface area contributed by atoms with Gasteiger partial charge in [-0.05, 0) is 0 Å². The van der Waals surface area contributed by atoms with Crippen LogP contribution in [-0.2, 0) is 0 Å². The number of thiophene rings is 1. The van der Waals surface area contributed by atoms with Crippen LogP contribution in [0, 0.1) is 0 Å². The summed E-state index contributed by atoms with van der Waals surface area (Å²) in [6.07, 6.45) is -0.564. The molecule has 0 fully saturated rings. The summed E-state index contributed by atoms with van der Waals surface area (Å²) < 4.78 is 10.4. The first kappa shape index (κ1) is 16.5. The van der Waals surface area contributed by atoms with Gasteiger partial charge in [0, 0.05) is 18.0 Å². The van der Waals surface area contributed by atoms with Crippen LogP contribution in [0.4, 0.5) is 0 Å². The molecule has 0 saturated carbocycles. The molecule has 1 heterocycles. The molecule has 1 aromatic rings. The molecule has 0 aliphatic carbocycles. The zero-order valence-electron chi connectivity index (χ0n) is 10.5. The van der Waals surface area contributed by atoms with E-state index in [9.17, 15) is 5.11 Å². The molecule has 0 bridgehead atoms. The van der Waals surface area contributed by atoms with Gasteiger partial charge in [-0.3, -0.25) is 0 Å². The van der Waals surface area contributed by atoms with Crippen molar-refractivity contribution in [3.05, 3.63) is 10.3 Å². The minimum absolute atomic E-state index is 0. The number of rotatable bonds is 6. The fourth-order valence-corrected chi connectivity index (χ4v) is 2.33. The van der Waals surface area contributed by atoms with Crippen molar-refractivity contribution in [2.75, 3.05) is 20.8 Å². The van der Waals surface area contributed by atoms with E-state index in [2.05, 4.69) is 5.32 Å². The number of hydrogen-bond acceptors (Lipinski definition) is 5. The van der Waals surface area contributed by atoms with Crippen LogP contribution in [-0.4, -0.2) is 31.9 Å². The first-order valence-corrected chi connectivity index (χ1v) is 6.08. The zero-order chi connectivity index (χ0) is 12.1. The van der Waals surface area contributed by atoms with Crippen molar-refractivity contribution in [2.24, 2.45) is 0 Å². The summed E-state index contributed by atoms with van der Waals surface area (Å²) in [6, 6.07) is 0.350. The minimum atomic E-state index is -0.564. The molecule has 17 heavy (non-hydrogen) atoms. The van der Waals surface area contributed by atoms with Crippen LogP contribution >= 0.6 is 23.7 Å². The number of halogens is 1. The Kier molecular flexibility index (Phi) is 7.54. The van der Waals surface area contributed by atoms with Crippen LogP contribution in [0.15, 0.2) is 5.38 Å². The van der Waals surface area contributed by atoms with E-state index < -0.39 is 6.10 Å². The molecule has 0 saturated heterocycles. The van der Waals surface area contributed by atoms with Gasteiger partial charge in [-0.25, -0.2) is 0 Å². The Balaban J connectivity index is 0.00000256. The summed E-state index contributed by atoms with van der Waals surface area (Å²) in [7, 11) is 3.17. The van der Waals surface area contributed by atoms with Crippen molar-refractivity contribution < 1.29 is 14.6 Å². The van der Waals surface area contributed by atoms with E-state index >= 15 is 0 Å². The molecule has 0 aromatic carbocycles. The monoisotopic (exact) mass is 281 g/mol. The highest BCUT2D eigenvalue weighted by Crippen LogP contribution is 2.40. The lowest BCUT2D eigenvalue weighted by molar-refractivity contribution is 0.171. The van der Waals surface area contributed by atoms with Crippen molar-refractivity contribution in [1.82, 2.24) is 5.32 Å². The molecule has 4 nitrogen and oxygen atoms in total. The van der Waals surface area contributed by atoms with Gasteiger partial charge < -0.3 is 19.9 Å². The van der Waals surface area contributed by atoms with E-state index in [0.717, 1.165) is 4.88 Å². The number of aliphatic hydroxyl groups excluding tert-OH is 1. The van der Waals surface area contributed by atoms with Crippen LogP contribution in [0.1, 0.15) is 24.8 Å². The van der Waals surface area contributed by atoms with Gasteiger partial charge in [0.2, 0.25) is 0 Å². The fraction of sp³-hybridized carbons (Fsp3) is 0.636. The van der Waals surface area contributed by atoms with Gasteiger partial charge in [0.1, 0.15) is 6.10 Å². The summed E-state index contributed by atoms with van der Waals surface area (Å²) in [4.78, 5) is 0.799. The Morgan fingerprint density at radius 3 is 2.47 bits per heavy atom. The Morgan fingerprint density at radius 1 is 1.35 bits per heavy atom. The lowest BCUT2D eigenvalue weighted by Crippen LogP contribution is -2.27. The molecular weight excluding hydrogens is 262 g/mol. The third-order valence-electron chi connectivity index (χ3n) is 2.19. The maximum absolute atomic E-state index is 10.0. The molecule has 0 radical (unpaired) electrons. The van der Waals surface area contributed by atoms with Crippen LogP contribution in [0.3, 0.4) is 0 Å². The van der Waals surface area contributed by atoms with E-state index in [1.165, 1.54) is 11.3 Å². The van der Waals surface area contributed by atoms with Crippen molar-refractivity contribution >= 4 is 23.7 Å². The van der Waals surface area contributed by atoms with Crippen molar-refractivity contribution in [3.8, 4) is 11.5 Å². The average molecular weight is 282 g/mol. The average Bonchev–Trinajstić information content (AvgIpc) is 2.68. The lowest BCUT2D eigenvalue weighted by Gasteiger charge is -2.14. The molecule has 0 amide bonds. The Morgan fingerprint density at radius 2 is 2.00 bits per heavy atom. The number of nitrogens with one attached hydrogen (secondary N) is 1. The lowest BCUT2D eigenvalue weighted by atomic mass is 10.2. The summed E-state index contributed by atoms with van der Waals surface area (Å²) in [6.45, 7) is 4.59. The SMILES string of the molecule is COc1csc(C(O)CNC(C)C)c1OC.Cl. The summed E-state index contributed by atoms with van der Waals surface area (Å²) >= 11 is 1.45. The molecular formula is C11H20ClNO3S. The van der Waals surface area contributed by atoms with Gasteiger partial charge in [-0.1, -0.05) is 13.8 Å². The highest BCUT2D eigenvalue weighted by molar-refractivity contribution is 7.10. The number of ether oxygens (including phenoxy) is 2. The second-order valence-electron chi connectivity index (χ2n) is 3.78. The van der Waals surface area contributed by atoms with E-state index in [-0.39, 0.29) is 12.4 Å². The number of hydrogen-bond donors (Lipinski definition) is 2. The van der Waals surface area contributed by atoms with Gasteiger partial charge in [0.25, 0.3) is 0 Å². The third-order valence-corrected chi connectivity index (χ3v) is 3.23. The molecule has 6 heteroatoms. The van der Waals surface area contributed by atoms with Crippen LogP contribution in [0.2, 0.25) is 0 Å². The number of methoxy groups -OCH3 is 2. The standard InChI is InChI=1S/C11H19NO3S.ClH/c1-7(2)12-5-8(13)11-10(15-4)9(14-3)6-16-11;/h6-8,12-13H,5H2,1-4H3;1H. The van der Waals surface area contributed by atoms with Gasteiger partial charge in [0.05, 0.1) is 19.1 Å². The normalized spacial score (nSPS) is 12.1. The Labute approximate surface area is 112 Å². The molecule has 0 aliphatic rings. The molecule has 1 unspecified atom stereocenters. The van der Waals surface area contributed by atoms with E-state index in [1.54, 1.807) is 14.2 Å². The highest BCUT2D eigenvalue weighted by Gasteiger charge is 2.19. The maximum atomic E-state index is 10.0. The maximum Gasteiger partial charge on any atom is 0.177 e. The van der Waals surface area contributed by atoms with Crippen molar-refractivity contribution in [2.45, 2.75) is 26.0 Å². The summed E-state index contributed by atoms with van der Waals surface area (Å²) in [5.74, 6) is 1.30. The number of aliphatic hydroxyl groups is 1. The molecule has 1 rings (SSSR count). The Hall–Kier alpha value is -0.490. The van der Waals surface area contributed by atoms with Crippen LogP contribution < -0.4 is 14.8 Å².